The molecule has 35 heavy (non-hydrogen) atoms. The fraction of sp³-hybridized carbons (Fsp3) is 0.160. The molecule has 0 unspecified atom stereocenters. The van der Waals surface area contributed by atoms with E-state index in [2.05, 4.69) is 30.9 Å². The van der Waals surface area contributed by atoms with Crippen molar-refractivity contribution in [2.24, 2.45) is 0 Å². The molecule has 0 spiro atoms. The zero-order chi connectivity index (χ0) is 24.8. The van der Waals surface area contributed by atoms with Crippen LogP contribution in [0.4, 0.5) is 28.8 Å². The number of carbonyl (C=O) groups is 1. The zero-order valence-electron chi connectivity index (χ0n) is 19.6. The maximum atomic E-state index is 12.2. The second-order valence-electron chi connectivity index (χ2n) is 7.99. The average Bonchev–Trinajstić information content (AvgIpc) is 3.29. The summed E-state index contributed by atoms with van der Waals surface area (Å²) in [5, 5.41) is 10.7. The zero-order valence-corrected chi connectivity index (χ0v) is 20.3. The van der Waals surface area contributed by atoms with E-state index >= 15 is 0 Å². The summed E-state index contributed by atoms with van der Waals surface area (Å²) < 4.78 is 5.46. The summed E-state index contributed by atoms with van der Waals surface area (Å²) in [5.41, 5.74) is 3.07. The van der Waals surface area contributed by atoms with Crippen LogP contribution in [-0.4, -0.2) is 53.5 Å². The Morgan fingerprint density at radius 2 is 1.97 bits per heavy atom. The lowest BCUT2D eigenvalue weighted by Gasteiger charge is -2.14. The number of halogens is 1. The van der Waals surface area contributed by atoms with E-state index in [-0.39, 0.29) is 5.91 Å². The number of aromatic nitrogens is 3. The predicted molar refractivity (Wildman–Crippen MR) is 141 cm³/mol. The van der Waals surface area contributed by atoms with Gasteiger partial charge >= 0.3 is 0 Å². The average molecular weight is 492 g/mol. The van der Waals surface area contributed by atoms with Crippen molar-refractivity contribution in [3.63, 3.8) is 0 Å². The van der Waals surface area contributed by atoms with Gasteiger partial charge in [0.05, 0.1) is 19.0 Å². The summed E-state index contributed by atoms with van der Waals surface area (Å²) in [4.78, 5) is 26.2. The highest BCUT2D eigenvalue weighted by molar-refractivity contribution is 6.32. The van der Waals surface area contributed by atoms with Gasteiger partial charge in [0.25, 0.3) is 0 Å². The molecule has 0 aliphatic rings. The van der Waals surface area contributed by atoms with E-state index in [0.717, 1.165) is 16.6 Å². The van der Waals surface area contributed by atoms with Gasteiger partial charge < -0.3 is 30.6 Å². The van der Waals surface area contributed by atoms with Crippen molar-refractivity contribution >= 4 is 57.2 Å². The SMILES string of the molecule is COc1ccc(NC(=O)/C=C/CN(C)C)cc1Nc1ncc(Cl)c(Nc2ccc3[nH]ccc3c2)n1. The molecule has 2 aromatic heterocycles. The molecule has 9 nitrogen and oxygen atoms in total. The Morgan fingerprint density at radius 1 is 1.14 bits per heavy atom. The first-order chi connectivity index (χ1) is 16.9. The number of nitrogens with one attached hydrogen (secondary N) is 4. The molecule has 4 aromatic rings. The highest BCUT2D eigenvalue weighted by atomic mass is 35.5. The van der Waals surface area contributed by atoms with Crippen LogP contribution in [0.15, 0.2) is 67.0 Å². The third-order valence-electron chi connectivity index (χ3n) is 5.01. The number of likely N-dealkylation sites (N-methyl/N-ethyl adjacent to an activating group) is 1. The number of H-pyrrole nitrogens is 1. The molecule has 0 fully saturated rings. The van der Waals surface area contributed by atoms with Crippen molar-refractivity contribution in [3.05, 3.63) is 72.0 Å². The number of hydrogen-bond acceptors (Lipinski definition) is 7. The van der Waals surface area contributed by atoms with Gasteiger partial charge in [0.2, 0.25) is 11.9 Å². The fourth-order valence-corrected chi connectivity index (χ4v) is 3.48. The number of anilines is 5. The molecular formula is C25H26ClN7O2. The first kappa shape index (κ1) is 24.1. The molecule has 10 heteroatoms. The highest BCUT2D eigenvalue weighted by Crippen LogP contribution is 2.31. The maximum Gasteiger partial charge on any atom is 0.248 e. The van der Waals surface area contributed by atoms with Crippen LogP contribution >= 0.6 is 11.6 Å². The minimum absolute atomic E-state index is 0.225. The summed E-state index contributed by atoms with van der Waals surface area (Å²) >= 11 is 6.35. The number of rotatable bonds is 9. The van der Waals surface area contributed by atoms with Gasteiger partial charge in [0, 0.05) is 41.1 Å². The predicted octanol–water partition coefficient (Wildman–Crippen LogP) is 5.16. The first-order valence-corrected chi connectivity index (χ1v) is 11.2. The lowest BCUT2D eigenvalue weighted by Crippen LogP contribution is -2.13. The highest BCUT2D eigenvalue weighted by Gasteiger charge is 2.11. The fourth-order valence-electron chi connectivity index (χ4n) is 3.34. The van der Waals surface area contributed by atoms with Crippen LogP contribution in [-0.2, 0) is 4.79 Å². The molecule has 0 saturated carbocycles. The van der Waals surface area contributed by atoms with Crippen LogP contribution in [0.1, 0.15) is 0 Å². The second-order valence-corrected chi connectivity index (χ2v) is 8.40. The Labute approximate surface area is 208 Å². The van der Waals surface area contributed by atoms with Crippen molar-refractivity contribution in [2.75, 3.05) is 43.7 Å². The van der Waals surface area contributed by atoms with Gasteiger partial charge in [-0.2, -0.15) is 4.98 Å². The lowest BCUT2D eigenvalue weighted by molar-refractivity contribution is -0.111. The van der Waals surface area contributed by atoms with E-state index in [9.17, 15) is 4.79 Å². The molecule has 2 heterocycles. The quantitative estimate of drug-likeness (QED) is 0.239. The van der Waals surface area contributed by atoms with Crippen LogP contribution in [0.2, 0.25) is 5.02 Å². The molecule has 0 bridgehead atoms. The third-order valence-corrected chi connectivity index (χ3v) is 5.29. The van der Waals surface area contributed by atoms with E-state index < -0.39 is 0 Å². The topological polar surface area (TPSA) is 107 Å². The minimum atomic E-state index is -0.225. The molecule has 4 N–H and O–H groups in total. The van der Waals surface area contributed by atoms with Crippen molar-refractivity contribution in [2.45, 2.75) is 0 Å². The Bertz CT molecular complexity index is 1370. The summed E-state index contributed by atoms with van der Waals surface area (Å²) in [6.45, 7) is 0.673. The standard InChI is InChI=1S/C25H26ClN7O2/c1-33(2)12-4-5-23(34)29-18-7-9-22(35-3)21(14-18)31-25-28-15-19(26)24(32-25)30-17-6-8-20-16(13-17)10-11-27-20/h4-11,13-15,27H,12H2,1-3H3,(H,29,34)(H2,28,30,31,32)/b5-4+. The van der Waals surface area contributed by atoms with Gasteiger partial charge in [0.15, 0.2) is 5.82 Å². The number of methoxy groups -OCH3 is 1. The number of hydrogen-bond donors (Lipinski definition) is 4. The largest absolute Gasteiger partial charge is 0.495 e. The van der Waals surface area contributed by atoms with Crippen LogP contribution in [0, 0.1) is 0 Å². The van der Waals surface area contributed by atoms with E-state index in [1.165, 1.54) is 12.3 Å². The molecule has 0 aliphatic heterocycles. The van der Waals surface area contributed by atoms with Crippen LogP contribution < -0.4 is 20.7 Å². The van der Waals surface area contributed by atoms with Gasteiger partial charge in [0.1, 0.15) is 10.8 Å². The van der Waals surface area contributed by atoms with Gasteiger partial charge in [-0.15, -0.1) is 0 Å². The van der Waals surface area contributed by atoms with E-state index in [1.807, 2.05) is 49.5 Å². The monoisotopic (exact) mass is 491 g/mol. The summed E-state index contributed by atoms with van der Waals surface area (Å²) in [7, 11) is 5.43. The Balaban J connectivity index is 1.52. The van der Waals surface area contributed by atoms with Crippen molar-refractivity contribution in [1.29, 1.82) is 0 Å². The Kier molecular flexibility index (Phi) is 7.49. The number of benzene rings is 2. The van der Waals surface area contributed by atoms with Gasteiger partial charge in [-0.25, -0.2) is 4.98 Å². The molecule has 0 saturated heterocycles. The number of carbonyl (C=O) groups excluding carboxylic acids is 1. The summed E-state index contributed by atoms with van der Waals surface area (Å²) in [6, 6.07) is 13.2. The molecule has 0 radical (unpaired) electrons. The summed E-state index contributed by atoms with van der Waals surface area (Å²) in [5.74, 6) is 1.11. The molecule has 2 aromatic carbocycles. The first-order valence-electron chi connectivity index (χ1n) is 10.9. The maximum absolute atomic E-state index is 12.2. The van der Waals surface area contributed by atoms with Gasteiger partial charge in [-0.1, -0.05) is 17.7 Å². The number of nitrogens with zero attached hydrogens (tertiary/aromatic N) is 3. The van der Waals surface area contributed by atoms with Crippen molar-refractivity contribution in [3.8, 4) is 5.75 Å². The Morgan fingerprint density at radius 3 is 2.77 bits per heavy atom. The van der Waals surface area contributed by atoms with Crippen molar-refractivity contribution in [1.82, 2.24) is 19.9 Å². The second kappa shape index (κ2) is 10.9. The Hall–Kier alpha value is -4.08. The molecular weight excluding hydrogens is 466 g/mol. The van der Waals surface area contributed by atoms with E-state index in [1.54, 1.807) is 31.4 Å². The van der Waals surface area contributed by atoms with Crippen molar-refractivity contribution < 1.29 is 9.53 Å². The van der Waals surface area contributed by atoms with Crippen LogP contribution in [0.25, 0.3) is 10.9 Å². The van der Waals surface area contributed by atoms with Crippen LogP contribution in [0.5, 0.6) is 5.75 Å². The molecule has 1 amide bonds. The lowest BCUT2D eigenvalue weighted by atomic mass is 10.2. The molecule has 180 valence electrons. The number of aromatic amines is 1. The normalized spacial score (nSPS) is 11.2. The number of ether oxygens (including phenoxy) is 1. The number of amides is 1. The summed E-state index contributed by atoms with van der Waals surface area (Å²) in [6.07, 6.45) is 6.70. The van der Waals surface area contributed by atoms with Gasteiger partial charge in [-0.05, 0) is 56.6 Å². The smallest absolute Gasteiger partial charge is 0.248 e. The third kappa shape index (κ3) is 6.28. The van der Waals surface area contributed by atoms with Crippen LogP contribution in [0.3, 0.4) is 0 Å². The molecule has 4 rings (SSSR count). The minimum Gasteiger partial charge on any atom is -0.495 e. The number of fused-ring (bicyclic) bond motifs is 1. The van der Waals surface area contributed by atoms with Gasteiger partial charge in [-0.3, -0.25) is 4.79 Å². The van der Waals surface area contributed by atoms with E-state index in [0.29, 0.717) is 40.5 Å². The molecule has 0 atom stereocenters. The van der Waals surface area contributed by atoms with E-state index in [4.69, 9.17) is 16.3 Å². The molecule has 0 aliphatic carbocycles.